The number of hydrogen-bond donors (Lipinski definition) is 1. The number of benzene rings is 1. The molecule has 0 fully saturated rings. The van der Waals surface area contributed by atoms with E-state index in [4.69, 9.17) is 15.2 Å². The monoisotopic (exact) mass is 269 g/mol. The van der Waals surface area contributed by atoms with Crippen LogP contribution in [0.4, 0.5) is 4.39 Å². The molecule has 0 heterocycles. The van der Waals surface area contributed by atoms with E-state index in [-0.39, 0.29) is 18.4 Å². The van der Waals surface area contributed by atoms with Gasteiger partial charge < -0.3 is 15.2 Å². The summed E-state index contributed by atoms with van der Waals surface area (Å²) in [5.74, 6) is -0.599. The first kappa shape index (κ1) is 15.4. The predicted molar refractivity (Wildman–Crippen MR) is 70.3 cm³/mol. The first-order chi connectivity index (χ1) is 8.99. The number of ether oxygens (including phenoxy) is 2. The zero-order chi connectivity index (χ0) is 14.4. The maximum absolute atomic E-state index is 13.3. The lowest BCUT2D eigenvalue weighted by Gasteiger charge is -2.19. The summed E-state index contributed by atoms with van der Waals surface area (Å²) in [6.45, 7) is 5.57. The molecule has 0 aliphatic rings. The van der Waals surface area contributed by atoms with Gasteiger partial charge in [-0.15, -0.1) is 0 Å². The van der Waals surface area contributed by atoms with Crippen molar-refractivity contribution in [3.8, 4) is 5.75 Å². The lowest BCUT2D eigenvalue weighted by molar-refractivity contribution is -0.151. The number of halogens is 1. The summed E-state index contributed by atoms with van der Waals surface area (Å²) >= 11 is 0. The Hall–Kier alpha value is -1.62. The van der Waals surface area contributed by atoms with Gasteiger partial charge in [0.25, 0.3) is 0 Å². The van der Waals surface area contributed by atoms with Crippen molar-refractivity contribution < 1.29 is 18.7 Å². The second kappa shape index (κ2) is 7.09. The summed E-state index contributed by atoms with van der Waals surface area (Å²) in [7, 11) is 0. The summed E-state index contributed by atoms with van der Waals surface area (Å²) in [6, 6.07) is 3.81. The van der Waals surface area contributed by atoms with Crippen LogP contribution in [0.5, 0.6) is 5.75 Å². The van der Waals surface area contributed by atoms with Crippen LogP contribution in [-0.4, -0.2) is 18.7 Å². The molecule has 19 heavy (non-hydrogen) atoms. The zero-order valence-electron chi connectivity index (χ0n) is 11.5. The zero-order valence-corrected chi connectivity index (χ0v) is 11.5. The fraction of sp³-hybridized carbons (Fsp3) is 0.500. The topological polar surface area (TPSA) is 61.5 Å². The summed E-state index contributed by atoms with van der Waals surface area (Å²) in [6.07, 6.45) is -0.312. The normalized spacial score (nSPS) is 13.7. The molecule has 1 aromatic carbocycles. The molecule has 0 amide bonds. The third-order valence-electron chi connectivity index (χ3n) is 2.66. The molecule has 5 heteroatoms. The Bertz CT molecular complexity index is 435. The number of rotatable bonds is 6. The molecule has 0 bridgehead atoms. The minimum Gasteiger partial charge on any atom is -0.478 e. The van der Waals surface area contributed by atoms with E-state index < -0.39 is 17.9 Å². The molecule has 0 radical (unpaired) electrons. The molecule has 0 spiro atoms. The molecule has 2 unspecified atom stereocenters. The number of carbonyl (C=O) groups excluding carboxylic acids is 1. The van der Waals surface area contributed by atoms with E-state index in [0.717, 1.165) is 0 Å². The molecule has 4 nitrogen and oxygen atoms in total. The van der Waals surface area contributed by atoms with Crippen molar-refractivity contribution in [3.05, 3.63) is 29.6 Å². The van der Waals surface area contributed by atoms with Crippen LogP contribution >= 0.6 is 0 Å². The summed E-state index contributed by atoms with van der Waals surface area (Å²) < 4.78 is 23.7. The average molecular weight is 269 g/mol. The second-order valence-corrected chi connectivity index (χ2v) is 4.24. The Kier molecular flexibility index (Phi) is 5.76. The van der Waals surface area contributed by atoms with E-state index in [1.807, 2.05) is 0 Å². The van der Waals surface area contributed by atoms with Crippen LogP contribution < -0.4 is 10.5 Å². The summed E-state index contributed by atoms with van der Waals surface area (Å²) in [5, 5.41) is 0. The van der Waals surface area contributed by atoms with Crippen LogP contribution in [0.15, 0.2) is 18.2 Å². The Morgan fingerprint density at radius 1 is 1.42 bits per heavy atom. The fourth-order valence-corrected chi connectivity index (χ4v) is 1.67. The van der Waals surface area contributed by atoms with Gasteiger partial charge in [-0.25, -0.2) is 9.18 Å². The first-order valence-electron chi connectivity index (χ1n) is 6.37. The molecule has 106 valence electrons. The summed E-state index contributed by atoms with van der Waals surface area (Å²) in [4.78, 5) is 11.7. The van der Waals surface area contributed by atoms with Gasteiger partial charge in [0.1, 0.15) is 11.6 Å². The van der Waals surface area contributed by atoms with Crippen LogP contribution in [0.1, 0.15) is 38.8 Å². The van der Waals surface area contributed by atoms with Crippen molar-refractivity contribution in [1.29, 1.82) is 0 Å². The van der Waals surface area contributed by atoms with Gasteiger partial charge in [0.2, 0.25) is 0 Å². The van der Waals surface area contributed by atoms with Crippen molar-refractivity contribution in [3.63, 3.8) is 0 Å². The van der Waals surface area contributed by atoms with E-state index >= 15 is 0 Å². The van der Waals surface area contributed by atoms with Crippen LogP contribution in [0.3, 0.4) is 0 Å². The van der Waals surface area contributed by atoms with E-state index in [0.29, 0.717) is 12.0 Å². The third kappa shape index (κ3) is 4.21. The quantitative estimate of drug-likeness (QED) is 0.806. The lowest BCUT2D eigenvalue weighted by atomic mass is 10.1. The van der Waals surface area contributed by atoms with Gasteiger partial charge in [-0.1, -0.05) is 13.0 Å². The molecule has 1 aromatic rings. The highest BCUT2D eigenvalue weighted by Crippen LogP contribution is 2.26. The Labute approximate surface area is 112 Å². The van der Waals surface area contributed by atoms with E-state index in [9.17, 15) is 9.18 Å². The number of carbonyl (C=O) groups is 1. The van der Waals surface area contributed by atoms with E-state index in [1.165, 1.54) is 12.1 Å². The third-order valence-corrected chi connectivity index (χ3v) is 2.66. The van der Waals surface area contributed by atoms with Crippen molar-refractivity contribution in [2.24, 2.45) is 5.73 Å². The van der Waals surface area contributed by atoms with Crippen LogP contribution in [0, 0.1) is 5.82 Å². The summed E-state index contributed by atoms with van der Waals surface area (Å²) in [5.41, 5.74) is 6.45. The molecular formula is C14H20FNO3. The number of nitrogens with two attached hydrogens (primary N) is 1. The predicted octanol–water partition coefficient (Wildman–Crippen LogP) is 2.57. The van der Waals surface area contributed by atoms with Gasteiger partial charge >= 0.3 is 5.97 Å². The highest BCUT2D eigenvalue weighted by atomic mass is 19.1. The molecule has 0 saturated heterocycles. The minimum atomic E-state index is -0.751. The molecular weight excluding hydrogens is 249 g/mol. The van der Waals surface area contributed by atoms with Crippen molar-refractivity contribution >= 4 is 5.97 Å². The maximum Gasteiger partial charge on any atom is 0.347 e. The van der Waals surface area contributed by atoms with Gasteiger partial charge in [0.05, 0.1) is 6.61 Å². The van der Waals surface area contributed by atoms with E-state index in [2.05, 4.69) is 0 Å². The maximum atomic E-state index is 13.3. The molecule has 0 aromatic heterocycles. The molecule has 2 N–H and O–H groups in total. The minimum absolute atomic E-state index is 0.280. The molecule has 0 aliphatic heterocycles. The molecule has 0 saturated carbocycles. The fourth-order valence-electron chi connectivity index (χ4n) is 1.67. The highest BCUT2D eigenvalue weighted by Gasteiger charge is 2.21. The lowest BCUT2D eigenvalue weighted by Crippen LogP contribution is -2.29. The van der Waals surface area contributed by atoms with Crippen LogP contribution in [0.25, 0.3) is 0 Å². The van der Waals surface area contributed by atoms with Crippen molar-refractivity contribution in [2.45, 2.75) is 39.3 Å². The van der Waals surface area contributed by atoms with Crippen molar-refractivity contribution in [2.75, 3.05) is 6.61 Å². The molecule has 2 atom stereocenters. The molecule has 1 rings (SSSR count). The largest absolute Gasteiger partial charge is 0.478 e. The average Bonchev–Trinajstić information content (AvgIpc) is 2.35. The van der Waals surface area contributed by atoms with Gasteiger partial charge in [-0.05, 0) is 26.3 Å². The number of esters is 1. The second-order valence-electron chi connectivity index (χ2n) is 4.24. The SMILES string of the molecule is CCOC(=O)C(CC)Oc1cc(F)ccc1C(C)N. The van der Waals surface area contributed by atoms with Gasteiger partial charge in [-0.2, -0.15) is 0 Å². The van der Waals surface area contributed by atoms with Gasteiger partial charge in [0, 0.05) is 17.7 Å². The van der Waals surface area contributed by atoms with Gasteiger partial charge in [0.15, 0.2) is 6.10 Å². The number of hydrogen-bond acceptors (Lipinski definition) is 4. The smallest absolute Gasteiger partial charge is 0.347 e. The Balaban J connectivity index is 2.95. The highest BCUT2D eigenvalue weighted by molar-refractivity contribution is 5.75. The van der Waals surface area contributed by atoms with Crippen LogP contribution in [-0.2, 0) is 9.53 Å². The Morgan fingerprint density at radius 3 is 2.63 bits per heavy atom. The van der Waals surface area contributed by atoms with E-state index in [1.54, 1.807) is 26.8 Å². The van der Waals surface area contributed by atoms with Gasteiger partial charge in [-0.3, -0.25) is 0 Å². The first-order valence-corrected chi connectivity index (χ1v) is 6.37. The van der Waals surface area contributed by atoms with Crippen molar-refractivity contribution in [1.82, 2.24) is 0 Å². The standard InChI is InChI=1S/C14H20FNO3/c1-4-12(14(17)18-5-2)19-13-8-10(15)6-7-11(13)9(3)16/h6-9,12H,4-5,16H2,1-3H3. The molecule has 0 aliphatic carbocycles. The van der Waals surface area contributed by atoms with Crippen LogP contribution in [0.2, 0.25) is 0 Å². The Morgan fingerprint density at radius 2 is 2.11 bits per heavy atom.